The number of anilines is 1. The van der Waals surface area contributed by atoms with Gasteiger partial charge in [0.2, 0.25) is 6.41 Å². The minimum atomic E-state index is 0.592. The van der Waals surface area contributed by atoms with Crippen LogP contribution in [0.5, 0.6) is 0 Å². The van der Waals surface area contributed by atoms with Crippen molar-refractivity contribution >= 4 is 34.7 Å². The van der Waals surface area contributed by atoms with Crippen molar-refractivity contribution in [2.75, 3.05) is 51.8 Å². The second-order valence-electron chi connectivity index (χ2n) is 5.99. The van der Waals surface area contributed by atoms with Crippen LogP contribution in [0.2, 0.25) is 5.02 Å². The first-order valence-corrected chi connectivity index (χ1v) is 8.68. The quantitative estimate of drug-likeness (QED) is 0.595. The summed E-state index contributed by atoms with van der Waals surface area (Å²) < 4.78 is 5.10. The van der Waals surface area contributed by atoms with E-state index in [-0.39, 0.29) is 0 Å². The van der Waals surface area contributed by atoms with Crippen molar-refractivity contribution in [3.8, 4) is 0 Å². The number of piperazine rings is 1. The molecule has 1 aromatic heterocycles. The van der Waals surface area contributed by atoms with Gasteiger partial charge in [-0.05, 0) is 18.2 Å². The summed E-state index contributed by atoms with van der Waals surface area (Å²) in [6.45, 7) is 5.05. The zero-order valence-corrected chi connectivity index (χ0v) is 15.0. The Morgan fingerprint density at radius 2 is 2.08 bits per heavy atom. The van der Waals surface area contributed by atoms with Crippen molar-refractivity contribution < 1.29 is 9.53 Å². The lowest BCUT2D eigenvalue weighted by Crippen LogP contribution is -2.45. The van der Waals surface area contributed by atoms with Gasteiger partial charge in [-0.15, -0.1) is 0 Å². The highest BCUT2D eigenvalue weighted by molar-refractivity contribution is 6.31. The smallest absolute Gasteiger partial charge is 0.209 e. The van der Waals surface area contributed by atoms with E-state index in [4.69, 9.17) is 16.3 Å². The molecule has 7 nitrogen and oxygen atoms in total. The fourth-order valence-electron chi connectivity index (χ4n) is 2.85. The van der Waals surface area contributed by atoms with Gasteiger partial charge in [-0.25, -0.2) is 9.97 Å². The Kier molecular flexibility index (Phi) is 6.01. The van der Waals surface area contributed by atoms with Gasteiger partial charge in [0.1, 0.15) is 11.6 Å². The van der Waals surface area contributed by atoms with Crippen molar-refractivity contribution in [2.24, 2.45) is 0 Å². The third-order valence-corrected chi connectivity index (χ3v) is 4.46. The van der Waals surface area contributed by atoms with Crippen LogP contribution in [-0.2, 0) is 16.1 Å². The van der Waals surface area contributed by atoms with Crippen LogP contribution in [0.3, 0.4) is 0 Å². The van der Waals surface area contributed by atoms with Crippen molar-refractivity contribution in [1.82, 2.24) is 19.8 Å². The molecule has 25 heavy (non-hydrogen) atoms. The topological polar surface area (TPSA) is 70.6 Å². The van der Waals surface area contributed by atoms with Gasteiger partial charge in [0.15, 0.2) is 0 Å². The van der Waals surface area contributed by atoms with E-state index in [1.165, 1.54) is 0 Å². The van der Waals surface area contributed by atoms with E-state index in [1.807, 2.05) is 18.2 Å². The molecule has 1 fully saturated rings. The lowest BCUT2D eigenvalue weighted by atomic mass is 10.2. The first-order valence-electron chi connectivity index (χ1n) is 8.30. The van der Waals surface area contributed by atoms with E-state index in [0.717, 1.165) is 55.1 Å². The van der Waals surface area contributed by atoms with Crippen LogP contribution in [0, 0.1) is 0 Å². The van der Waals surface area contributed by atoms with Gasteiger partial charge in [0.25, 0.3) is 0 Å². The van der Waals surface area contributed by atoms with Crippen LogP contribution in [0.1, 0.15) is 5.82 Å². The molecular formula is C17H22ClN5O2. The molecule has 0 radical (unpaired) electrons. The third-order valence-electron chi connectivity index (χ3n) is 4.22. The van der Waals surface area contributed by atoms with E-state index < -0.39 is 0 Å². The second kappa shape index (κ2) is 8.42. The molecule has 1 amide bonds. The summed E-state index contributed by atoms with van der Waals surface area (Å²) in [5.74, 6) is 1.53. The number of nitrogens with one attached hydrogen (secondary N) is 1. The Balaban J connectivity index is 1.80. The van der Waals surface area contributed by atoms with E-state index in [9.17, 15) is 4.79 Å². The number of hydrogen-bond acceptors (Lipinski definition) is 6. The number of hydrogen-bond donors (Lipinski definition) is 1. The largest absolute Gasteiger partial charge is 0.383 e. The minimum absolute atomic E-state index is 0.592. The number of carbonyl (C=O) groups is 1. The molecule has 0 unspecified atom stereocenters. The van der Waals surface area contributed by atoms with E-state index >= 15 is 0 Å². The summed E-state index contributed by atoms with van der Waals surface area (Å²) >= 11 is 6.13. The standard InChI is InChI=1S/C17H22ClN5O2/c1-25-9-4-19-17-14-10-13(18)2-3-15(14)20-16(21-17)11-22-5-7-23(12-24)8-6-22/h2-3,10,12H,4-9,11H2,1H3,(H,19,20,21). The van der Waals surface area contributed by atoms with Gasteiger partial charge in [0.05, 0.1) is 18.7 Å². The molecular weight excluding hydrogens is 342 g/mol. The Bertz CT molecular complexity index is 734. The highest BCUT2D eigenvalue weighted by Crippen LogP contribution is 2.24. The van der Waals surface area contributed by atoms with E-state index in [0.29, 0.717) is 24.7 Å². The van der Waals surface area contributed by atoms with Gasteiger partial charge in [-0.3, -0.25) is 9.69 Å². The summed E-state index contributed by atoms with van der Waals surface area (Å²) in [6.07, 6.45) is 0.908. The molecule has 1 saturated heterocycles. The molecule has 1 aromatic carbocycles. The lowest BCUT2D eigenvalue weighted by Gasteiger charge is -2.32. The van der Waals surface area contributed by atoms with Crippen LogP contribution >= 0.6 is 11.6 Å². The van der Waals surface area contributed by atoms with Crippen molar-refractivity contribution in [2.45, 2.75) is 6.54 Å². The van der Waals surface area contributed by atoms with Crippen LogP contribution in [0.15, 0.2) is 18.2 Å². The number of benzene rings is 1. The zero-order valence-electron chi connectivity index (χ0n) is 14.2. The molecule has 0 aliphatic carbocycles. The Hall–Kier alpha value is -1.96. The minimum Gasteiger partial charge on any atom is -0.383 e. The zero-order chi connectivity index (χ0) is 17.6. The van der Waals surface area contributed by atoms with Gasteiger partial charge in [-0.2, -0.15) is 0 Å². The molecule has 1 N–H and O–H groups in total. The fourth-order valence-corrected chi connectivity index (χ4v) is 3.02. The van der Waals surface area contributed by atoms with Gasteiger partial charge in [0, 0.05) is 50.2 Å². The second-order valence-corrected chi connectivity index (χ2v) is 6.42. The maximum atomic E-state index is 10.8. The number of rotatable bonds is 7. The third kappa shape index (κ3) is 4.56. The van der Waals surface area contributed by atoms with Crippen LogP contribution in [0.4, 0.5) is 5.82 Å². The maximum Gasteiger partial charge on any atom is 0.209 e. The van der Waals surface area contributed by atoms with Crippen LogP contribution < -0.4 is 5.32 Å². The summed E-state index contributed by atoms with van der Waals surface area (Å²) in [5.41, 5.74) is 0.862. The first-order chi connectivity index (χ1) is 12.2. The molecule has 3 rings (SSSR count). The Morgan fingerprint density at radius 1 is 1.28 bits per heavy atom. The number of methoxy groups -OCH3 is 1. The maximum absolute atomic E-state index is 10.8. The molecule has 2 aromatic rings. The van der Waals surface area contributed by atoms with Crippen molar-refractivity contribution in [1.29, 1.82) is 0 Å². The first kappa shape index (κ1) is 17.8. The highest BCUT2D eigenvalue weighted by atomic mass is 35.5. The number of halogens is 1. The Labute approximate surface area is 151 Å². The van der Waals surface area contributed by atoms with Gasteiger partial charge in [-0.1, -0.05) is 11.6 Å². The van der Waals surface area contributed by atoms with Gasteiger partial charge >= 0.3 is 0 Å². The molecule has 0 saturated carbocycles. The molecule has 2 heterocycles. The monoisotopic (exact) mass is 363 g/mol. The number of ether oxygens (including phenoxy) is 1. The Morgan fingerprint density at radius 3 is 2.80 bits per heavy atom. The van der Waals surface area contributed by atoms with Crippen LogP contribution in [0.25, 0.3) is 10.9 Å². The summed E-state index contributed by atoms with van der Waals surface area (Å²) in [6, 6.07) is 5.62. The van der Waals surface area contributed by atoms with E-state index in [2.05, 4.69) is 20.2 Å². The molecule has 0 atom stereocenters. The lowest BCUT2D eigenvalue weighted by molar-refractivity contribution is -0.119. The number of carbonyl (C=O) groups excluding carboxylic acids is 1. The molecule has 1 aliphatic heterocycles. The van der Waals surface area contributed by atoms with Crippen molar-refractivity contribution in [3.05, 3.63) is 29.0 Å². The number of nitrogens with zero attached hydrogens (tertiary/aromatic N) is 4. The SMILES string of the molecule is COCCNc1nc(CN2CCN(C=O)CC2)nc2ccc(Cl)cc12. The average molecular weight is 364 g/mol. The number of aromatic nitrogens is 2. The number of fused-ring (bicyclic) bond motifs is 1. The summed E-state index contributed by atoms with van der Waals surface area (Å²) in [7, 11) is 1.67. The molecule has 1 aliphatic rings. The molecule has 0 bridgehead atoms. The molecule has 134 valence electrons. The fraction of sp³-hybridized carbons (Fsp3) is 0.471. The molecule has 8 heteroatoms. The van der Waals surface area contributed by atoms with Crippen LogP contribution in [-0.4, -0.2) is 72.6 Å². The summed E-state index contributed by atoms with van der Waals surface area (Å²) in [5, 5.41) is 4.86. The highest BCUT2D eigenvalue weighted by Gasteiger charge is 2.17. The summed E-state index contributed by atoms with van der Waals surface area (Å²) in [4.78, 5) is 24.2. The number of amides is 1. The normalized spacial score (nSPS) is 15.5. The van der Waals surface area contributed by atoms with E-state index in [1.54, 1.807) is 12.0 Å². The predicted molar refractivity (Wildman–Crippen MR) is 97.8 cm³/mol. The van der Waals surface area contributed by atoms with Crippen molar-refractivity contribution in [3.63, 3.8) is 0 Å². The average Bonchev–Trinajstić information content (AvgIpc) is 2.63. The molecule has 0 spiro atoms. The predicted octanol–water partition coefficient (Wildman–Crippen LogP) is 1.62. The van der Waals surface area contributed by atoms with Gasteiger partial charge < -0.3 is 15.0 Å².